The molecule has 0 saturated heterocycles. The van der Waals surface area contributed by atoms with E-state index in [1.54, 1.807) is 6.07 Å². The maximum Gasteiger partial charge on any atom is 0.210 e. The molecule has 7 heteroatoms. The van der Waals surface area contributed by atoms with E-state index in [-0.39, 0.29) is 0 Å². The molecule has 0 unspecified atom stereocenters. The average Bonchev–Trinajstić information content (AvgIpc) is 2.89. The molecule has 0 amide bonds. The standard InChI is InChI=1S/C16H14Cl2N4S/c1-10-3-2-4-12(7-10)15-20-21-16(22(15)19)23-9-11-5-6-13(17)14(18)8-11/h2-8H,9,19H2,1H3. The summed E-state index contributed by atoms with van der Waals surface area (Å²) in [6, 6.07) is 13.6. The monoisotopic (exact) mass is 364 g/mol. The van der Waals surface area contributed by atoms with Crippen LogP contribution in [0.3, 0.4) is 0 Å². The first-order valence-electron chi connectivity index (χ1n) is 6.89. The van der Waals surface area contributed by atoms with Gasteiger partial charge in [-0.25, -0.2) is 4.68 Å². The van der Waals surface area contributed by atoms with Gasteiger partial charge in [0.05, 0.1) is 10.0 Å². The van der Waals surface area contributed by atoms with Crippen molar-refractivity contribution in [3.63, 3.8) is 0 Å². The van der Waals surface area contributed by atoms with Crippen LogP contribution in [0, 0.1) is 6.92 Å². The van der Waals surface area contributed by atoms with E-state index in [1.807, 2.05) is 43.3 Å². The van der Waals surface area contributed by atoms with Gasteiger partial charge in [-0.3, -0.25) is 0 Å². The fraction of sp³-hybridized carbons (Fsp3) is 0.125. The Morgan fingerprint density at radius 3 is 2.65 bits per heavy atom. The summed E-state index contributed by atoms with van der Waals surface area (Å²) in [7, 11) is 0. The Morgan fingerprint density at radius 1 is 1.09 bits per heavy atom. The van der Waals surface area contributed by atoms with Crippen LogP contribution in [0.4, 0.5) is 0 Å². The van der Waals surface area contributed by atoms with E-state index in [9.17, 15) is 0 Å². The summed E-state index contributed by atoms with van der Waals surface area (Å²) < 4.78 is 1.51. The van der Waals surface area contributed by atoms with Gasteiger partial charge in [-0.15, -0.1) is 10.2 Å². The molecule has 0 aliphatic rings. The van der Waals surface area contributed by atoms with Gasteiger partial charge in [0, 0.05) is 11.3 Å². The zero-order chi connectivity index (χ0) is 16.4. The van der Waals surface area contributed by atoms with Gasteiger partial charge in [0.15, 0.2) is 5.82 Å². The second-order valence-corrected chi connectivity index (χ2v) is 6.84. The largest absolute Gasteiger partial charge is 0.335 e. The summed E-state index contributed by atoms with van der Waals surface area (Å²) in [6.07, 6.45) is 0. The van der Waals surface area contributed by atoms with Crippen LogP contribution in [0.1, 0.15) is 11.1 Å². The molecule has 0 aliphatic carbocycles. The Kier molecular flexibility index (Phi) is 4.80. The minimum atomic E-state index is 0.541. The third-order valence-corrected chi connectivity index (χ3v) is 5.05. The van der Waals surface area contributed by atoms with Crippen molar-refractivity contribution >= 4 is 35.0 Å². The molecule has 0 spiro atoms. The molecule has 2 aromatic carbocycles. The maximum absolute atomic E-state index is 6.13. The molecule has 1 heterocycles. The molecule has 0 aliphatic heterocycles. The van der Waals surface area contributed by atoms with E-state index in [2.05, 4.69) is 10.2 Å². The van der Waals surface area contributed by atoms with Crippen molar-refractivity contribution in [1.29, 1.82) is 0 Å². The number of nitrogens with two attached hydrogens (primary N) is 1. The summed E-state index contributed by atoms with van der Waals surface area (Å²) >= 11 is 13.4. The molecule has 0 atom stereocenters. The first kappa shape index (κ1) is 16.2. The van der Waals surface area contributed by atoms with Crippen LogP contribution in [0.15, 0.2) is 47.6 Å². The third-order valence-electron chi connectivity index (χ3n) is 3.29. The molecule has 1 aromatic heterocycles. The summed E-state index contributed by atoms with van der Waals surface area (Å²) in [5, 5.41) is 10.1. The molecular weight excluding hydrogens is 351 g/mol. The van der Waals surface area contributed by atoms with E-state index >= 15 is 0 Å². The lowest BCUT2D eigenvalue weighted by atomic mass is 10.1. The number of halogens is 2. The normalized spacial score (nSPS) is 10.9. The first-order chi connectivity index (χ1) is 11.0. The minimum absolute atomic E-state index is 0.541. The van der Waals surface area contributed by atoms with Gasteiger partial charge in [0.2, 0.25) is 5.16 Å². The second-order valence-electron chi connectivity index (χ2n) is 5.08. The van der Waals surface area contributed by atoms with Gasteiger partial charge in [0.25, 0.3) is 0 Å². The SMILES string of the molecule is Cc1cccc(-c2nnc(SCc3ccc(Cl)c(Cl)c3)n2N)c1. The summed E-state index contributed by atoms with van der Waals surface area (Å²) in [5.74, 6) is 7.45. The number of aromatic nitrogens is 3. The topological polar surface area (TPSA) is 56.7 Å². The lowest BCUT2D eigenvalue weighted by molar-refractivity contribution is 0.849. The number of nitrogens with zero attached hydrogens (tertiary/aromatic N) is 3. The molecule has 3 aromatic rings. The fourth-order valence-electron chi connectivity index (χ4n) is 2.13. The van der Waals surface area contributed by atoms with E-state index in [0.717, 1.165) is 16.7 Å². The number of aryl methyl sites for hydroxylation is 1. The molecule has 2 N–H and O–H groups in total. The number of thioether (sulfide) groups is 1. The van der Waals surface area contributed by atoms with E-state index in [0.29, 0.717) is 26.8 Å². The number of rotatable bonds is 4. The summed E-state index contributed by atoms with van der Waals surface area (Å²) in [6.45, 7) is 2.03. The van der Waals surface area contributed by atoms with Crippen LogP contribution in [0.5, 0.6) is 0 Å². The predicted molar refractivity (Wildman–Crippen MR) is 96.4 cm³/mol. The predicted octanol–water partition coefficient (Wildman–Crippen LogP) is 4.57. The smallest absolute Gasteiger partial charge is 0.210 e. The van der Waals surface area contributed by atoms with Crippen molar-refractivity contribution in [1.82, 2.24) is 14.9 Å². The van der Waals surface area contributed by atoms with Gasteiger partial charge in [-0.2, -0.15) is 0 Å². The Balaban J connectivity index is 1.78. The quantitative estimate of drug-likeness (QED) is 0.544. The number of benzene rings is 2. The van der Waals surface area contributed by atoms with Crippen LogP contribution in [-0.2, 0) is 5.75 Å². The molecule has 0 radical (unpaired) electrons. The van der Waals surface area contributed by atoms with Crippen molar-refractivity contribution in [3.8, 4) is 11.4 Å². The van der Waals surface area contributed by atoms with Crippen molar-refractivity contribution in [2.75, 3.05) is 5.84 Å². The zero-order valence-corrected chi connectivity index (χ0v) is 14.7. The fourth-order valence-corrected chi connectivity index (χ4v) is 3.25. The van der Waals surface area contributed by atoms with Crippen LogP contribution >= 0.6 is 35.0 Å². The third kappa shape index (κ3) is 3.63. The van der Waals surface area contributed by atoms with Gasteiger partial charge in [0.1, 0.15) is 0 Å². The number of hydrogen-bond acceptors (Lipinski definition) is 4. The highest BCUT2D eigenvalue weighted by Crippen LogP contribution is 2.28. The Hall–Kier alpha value is -1.69. The van der Waals surface area contributed by atoms with Crippen LogP contribution in [0.25, 0.3) is 11.4 Å². The van der Waals surface area contributed by atoms with Crippen LogP contribution in [-0.4, -0.2) is 14.9 Å². The van der Waals surface area contributed by atoms with Crippen molar-refractivity contribution in [3.05, 3.63) is 63.6 Å². The van der Waals surface area contributed by atoms with Gasteiger partial charge >= 0.3 is 0 Å². The second kappa shape index (κ2) is 6.83. The molecule has 23 heavy (non-hydrogen) atoms. The highest BCUT2D eigenvalue weighted by atomic mass is 35.5. The van der Waals surface area contributed by atoms with Gasteiger partial charge in [-0.05, 0) is 30.7 Å². The van der Waals surface area contributed by atoms with Gasteiger partial charge in [-0.1, -0.05) is 64.8 Å². The molecule has 0 bridgehead atoms. The van der Waals surface area contributed by atoms with Crippen LogP contribution < -0.4 is 5.84 Å². The molecule has 0 saturated carbocycles. The summed E-state index contributed by atoms with van der Waals surface area (Å²) in [5.41, 5.74) is 3.14. The van der Waals surface area contributed by atoms with Crippen LogP contribution in [0.2, 0.25) is 10.0 Å². The Labute approximate surface area is 148 Å². The van der Waals surface area contributed by atoms with Crippen molar-refractivity contribution in [2.45, 2.75) is 17.8 Å². The highest BCUT2D eigenvalue weighted by molar-refractivity contribution is 7.98. The molecule has 4 nitrogen and oxygen atoms in total. The molecular formula is C16H14Cl2N4S. The zero-order valence-electron chi connectivity index (χ0n) is 12.3. The van der Waals surface area contributed by atoms with Crippen molar-refractivity contribution in [2.24, 2.45) is 0 Å². The lowest BCUT2D eigenvalue weighted by Gasteiger charge is -2.05. The Bertz CT molecular complexity index is 848. The Morgan fingerprint density at radius 2 is 1.91 bits per heavy atom. The number of hydrogen-bond donors (Lipinski definition) is 1. The van der Waals surface area contributed by atoms with E-state index in [4.69, 9.17) is 29.0 Å². The first-order valence-corrected chi connectivity index (χ1v) is 8.63. The number of nitrogen functional groups attached to an aromatic ring is 1. The minimum Gasteiger partial charge on any atom is -0.335 e. The summed E-state index contributed by atoms with van der Waals surface area (Å²) in [4.78, 5) is 0. The van der Waals surface area contributed by atoms with Gasteiger partial charge < -0.3 is 5.84 Å². The molecule has 3 rings (SSSR count). The lowest BCUT2D eigenvalue weighted by Crippen LogP contribution is -2.11. The highest BCUT2D eigenvalue weighted by Gasteiger charge is 2.12. The molecule has 118 valence electrons. The van der Waals surface area contributed by atoms with E-state index in [1.165, 1.54) is 16.4 Å². The van der Waals surface area contributed by atoms with E-state index < -0.39 is 0 Å². The average molecular weight is 365 g/mol. The maximum atomic E-state index is 6.13. The van der Waals surface area contributed by atoms with Crippen molar-refractivity contribution < 1.29 is 0 Å². The molecule has 0 fully saturated rings.